The minimum atomic E-state index is -3.67. The number of nitrogens with one attached hydrogen (secondary N) is 1. The van der Waals surface area contributed by atoms with E-state index in [1.54, 1.807) is 24.3 Å². The summed E-state index contributed by atoms with van der Waals surface area (Å²) in [6.45, 7) is 2.11. The SMILES string of the molecule is Cn1nc(C(=O)N2CCc3ccccc3C2)c2c1CCC(NCCc1ccc(S(N)(=O)=O)cc1)C2. The molecule has 3 N–H and O–H groups in total. The number of amides is 1. The second kappa shape index (κ2) is 9.56. The molecular formula is C26H31N5O3S. The zero-order chi connectivity index (χ0) is 24.6. The Morgan fingerprint density at radius 2 is 1.86 bits per heavy atom. The van der Waals surface area contributed by atoms with Gasteiger partial charge in [-0.05, 0) is 67.5 Å². The minimum Gasteiger partial charge on any atom is -0.333 e. The fourth-order valence-corrected chi connectivity index (χ4v) is 5.74. The van der Waals surface area contributed by atoms with Crippen molar-refractivity contribution in [3.8, 4) is 0 Å². The first-order valence-corrected chi connectivity index (χ1v) is 13.6. The molecule has 0 fully saturated rings. The van der Waals surface area contributed by atoms with Crippen molar-refractivity contribution in [2.75, 3.05) is 13.1 Å². The van der Waals surface area contributed by atoms with Crippen LogP contribution in [0.2, 0.25) is 0 Å². The fraction of sp³-hybridized carbons (Fsp3) is 0.385. The predicted molar refractivity (Wildman–Crippen MR) is 133 cm³/mol. The summed E-state index contributed by atoms with van der Waals surface area (Å²) in [5.74, 6) is 0.0203. The van der Waals surface area contributed by atoms with Crippen LogP contribution in [-0.4, -0.2) is 48.1 Å². The van der Waals surface area contributed by atoms with Crippen molar-refractivity contribution in [1.29, 1.82) is 0 Å². The summed E-state index contributed by atoms with van der Waals surface area (Å²) < 4.78 is 24.7. The predicted octanol–water partition coefficient (Wildman–Crippen LogP) is 1.96. The number of nitrogens with two attached hydrogens (primary N) is 1. The van der Waals surface area contributed by atoms with Crippen LogP contribution in [0.4, 0.5) is 0 Å². The number of aryl methyl sites for hydroxylation is 1. The molecule has 8 nitrogen and oxygen atoms in total. The van der Waals surface area contributed by atoms with E-state index in [1.807, 2.05) is 22.7 Å². The van der Waals surface area contributed by atoms with Crippen LogP contribution in [-0.2, 0) is 49.3 Å². The lowest BCUT2D eigenvalue weighted by Crippen LogP contribution is -2.38. The maximum absolute atomic E-state index is 13.5. The Bertz CT molecular complexity index is 1350. The number of carbonyl (C=O) groups excluding carboxylic acids is 1. The molecule has 0 radical (unpaired) electrons. The van der Waals surface area contributed by atoms with Crippen LogP contribution in [0, 0.1) is 0 Å². The quantitative estimate of drug-likeness (QED) is 0.545. The van der Waals surface area contributed by atoms with Gasteiger partial charge in [-0.2, -0.15) is 5.10 Å². The second-order valence-corrected chi connectivity index (χ2v) is 11.0. The lowest BCUT2D eigenvalue weighted by Gasteiger charge is -2.29. The molecule has 1 atom stereocenters. The molecule has 0 saturated carbocycles. The van der Waals surface area contributed by atoms with E-state index >= 15 is 0 Å². The number of rotatable bonds is 6. The molecule has 1 aliphatic carbocycles. The first-order valence-electron chi connectivity index (χ1n) is 12.1. The van der Waals surface area contributed by atoms with Gasteiger partial charge in [-0.3, -0.25) is 9.48 Å². The molecule has 1 amide bonds. The smallest absolute Gasteiger partial charge is 0.274 e. The standard InChI is InChI=1S/C26H31N5O3S/c1-30-24-11-8-21(28-14-12-18-6-9-22(10-7-18)35(27,33)34)16-23(24)25(29-30)26(32)31-15-13-19-4-2-3-5-20(19)17-31/h2-7,9-10,21,28H,8,11-17H2,1H3,(H2,27,33,34). The molecule has 2 aromatic carbocycles. The fourth-order valence-electron chi connectivity index (χ4n) is 5.22. The Morgan fingerprint density at radius 3 is 2.60 bits per heavy atom. The van der Waals surface area contributed by atoms with E-state index in [2.05, 4.69) is 28.6 Å². The van der Waals surface area contributed by atoms with E-state index in [-0.39, 0.29) is 16.8 Å². The third-order valence-corrected chi connectivity index (χ3v) is 8.10. The van der Waals surface area contributed by atoms with Gasteiger partial charge in [0.05, 0.1) is 4.90 Å². The van der Waals surface area contributed by atoms with E-state index in [1.165, 1.54) is 11.1 Å². The molecule has 2 aliphatic rings. The van der Waals surface area contributed by atoms with Gasteiger partial charge in [0.25, 0.3) is 5.91 Å². The van der Waals surface area contributed by atoms with Crippen LogP contribution in [0.3, 0.4) is 0 Å². The molecule has 1 unspecified atom stereocenters. The highest BCUT2D eigenvalue weighted by Gasteiger charge is 2.31. The summed E-state index contributed by atoms with van der Waals surface area (Å²) in [5, 5.41) is 13.4. The molecule has 2 heterocycles. The summed E-state index contributed by atoms with van der Waals surface area (Å²) >= 11 is 0. The average molecular weight is 494 g/mol. The Hall–Kier alpha value is -3.01. The summed E-state index contributed by atoms with van der Waals surface area (Å²) in [4.78, 5) is 15.5. The molecule has 184 valence electrons. The largest absolute Gasteiger partial charge is 0.333 e. The molecule has 0 spiro atoms. The zero-order valence-electron chi connectivity index (χ0n) is 19.9. The Balaban J connectivity index is 1.23. The minimum absolute atomic E-state index is 0.0203. The van der Waals surface area contributed by atoms with Crippen molar-refractivity contribution in [2.24, 2.45) is 12.2 Å². The first kappa shape index (κ1) is 23.7. The highest BCUT2D eigenvalue weighted by molar-refractivity contribution is 7.89. The van der Waals surface area contributed by atoms with Gasteiger partial charge in [-0.15, -0.1) is 0 Å². The zero-order valence-corrected chi connectivity index (χ0v) is 20.7. The van der Waals surface area contributed by atoms with Crippen LogP contribution in [0.1, 0.15) is 44.9 Å². The summed E-state index contributed by atoms with van der Waals surface area (Å²) in [6, 6.07) is 15.3. The van der Waals surface area contributed by atoms with Gasteiger partial charge in [0.2, 0.25) is 10.0 Å². The van der Waals surface area contributed by atoms with Gasteiger partial charge in [-0.25, -0.2) is 13.6 Å². The van der Waals surface area contributed by atoms with Gasteiger partial charge >= 0.3 is 0 Å². The second-order valence-electron chi connectivity index (χ2n) is 9.48. The van der Waals surface area contributed by atoms with Gasteiger partial charge < -0.3 is 10.2 Å². The van der Waals surface area contributed by atoms with E-state index in [9.17, 15) is 13.2 Å². The molecular weight excluding hydrogens is 462 g/mol. The van der Waals surface area contributed by atoms with Gasteiger partial charge in [0.15, 0.2) is 5.69 Å². The van der Waals surface area contributed by atoms with Crippen LogP contribution in [0.5, 0.6) is 0 Å². The van der Waals surface area contributed by atoms with E-state index in [0.29, 0.717) is 18.8 Å². The highest BCUT2D eigenvalue weighted by Crippen LogP contribution is 2.27. The lowest BCUT2D eigenvalue weighted by molar-refractivity contribution is 0.0726. The molecule has 1 aromatic heterocycles. The topological polar surface area (TPSA) is 110 Å². The number of nitrogens with zero attached hydrogens (tertiary/aromatic N) is 3. The van der Waals surface area contributed by atoms with Crippen molar-refractivity contribution in [2.45, 2.75) is 49.6 Å². The highest BCUT2D eigenvalue weighted by atomic mass is 32.2. The van der Waals surface area contributed by atoms with Gasteiger partial charge in [-0.1, -0.05) is 36.4 Å². The number of hydrogen-bond acceptors (Lipinski definition) is 5. The summed E-state index contributed by atoms with van der Waals surface area (Å²) in [5.41, 5.74) is 6.40. The molecule has 1 aliphatic heterocycles. The Morgan fingerprint density at radius 1 is 1.11 bits per heavy atom. The van der Waals surface area contributed by atoms with Crippen molar-refractivity contribution >= 4 is 15.9 Å². The normalized spacial score (nSPS) is 17.7. The number of fused-ring (bicyclic) bond motifs is 2. The number of sulfonamides is 1. The van der Waals surface area contributed by atoms with Crippen LogP contribution < -0.4 is 10.5 Å². The summed E-state index contributed by atoms with van der Waals surface area (Å²) in [6.07, 6.45) is 4.30. The number of carbonyl (C=O) groups is 1. The monoisotopic (exact) mass is 493 g/mol. The number of benzene rings is 2. The maximum Gasteiger partial charge on any atom is 0.274 e. The van der Waals surface area contributed by atoms with E-state index < -0.39 is 10.0 Å². The lowest BCUT2D eigenvalue weighted by atomic mass is 9.90. The van der Waals surface area contributed by atoms with Gasteiger partial charge in [0.1, 0.15) is 0 Å². The number of aromatic nitrogens is 2. The molecule has 3 aromatic rings. The molecule has 0 bridgehead atoms. The first-order chi connectivity index (χ1) is 16.8. The Labute approximate surface area is 206 Å². The van der Waals surface area contributed by atoms with E-state index in [0.717, 1.165) is 55.5 Å². The number of hydrogen-bond donors (Lipinski definition) is 2. The van der Waals surface area contributed by atoms with Crippen molar-refractivity contribution in [3.63, 3.8) is 0 Å². The van der Waals surface area contributed by atoms with E-state index in [4.69, 9.17) is 5.14 Å². The maximum atomic E-state index is 13.5. The third-order valence-electron chi connectivity index (χ3n) is 7.17. The van der Waals surface area contributed by atoms with Crippen molar-refractivity contribution in [1.82, 2.24) is 20.0 Å². The van der Waals surface area contributed by atoms with Crippen LogP contribution in [0.25, 0.3) is 0 Å². The molecule has 9 heteroatoms. The molecule has 35 heavy (non-hydrogen) atoms. The molecule has 5 rings (SSSR count). The number of primary sulfonamides is 1. The summed E-state index contributed by atoms with van der Waals surface area (Å²) in [7, 11) is -1.74. The Kier molecular flexibility index (Phi) is 6.48. The average Bonchev–Trinajstić information content (AvgIpc) is 3.18. The van der Waals surface area contributed by atoms with Crippen LogP contribution in [0.15, 0.2) is 53.4 Å². The van der Waals surface area contributed by atoms with Crippen molar-refractivity contribution < 1.29 is 13.2 Å². The van der Waals surface area contributed by atoms with Crippen molar-refractivity contribution in [3.05, 3.63) is 82.2 Å². The molecule has 0 saturated heterocycles. The third kappa shape index (κ3) is 5.03. The van der Waals surface area contributed by atoms with Crippen LogP contribution >= 0.6 is 0 Å². The van der Waals surface area contributed by atoms with Gasteiger partial charge in [0, 0.05) is 37.4 Å².